The number of amides is 1. The lowest BCUT2D eigenvalue weighted by Crippen LogP contribution is -2.51. The number of nitrogens with zero attached hydrogens (tertiary/aromatic N) is 1. The van der Waals surface area contributed by atoms with Crippen molar-refractivity contribution in [2.75, 3.05) is 13.1 Å². The van der Waals surface area contributed by atoms with E-state index < -0.39 is 16.1 Å². The largest absolute Gasteiger partial charge is 0.384 e. The normalized spacial score (nSPS) is 15.9. The number of nitrogen functional groups attached to an aromatic ring is 1. The minimum atomic E-state index is -3.99. The molecule has 3 aromatic carbocycles. The second kappa shape index (κ2) is 9.95. The molecule has 34 heavy (non-hydrogen) atoms. The Bertz CT molecular complexity index is 1310. The zero-order chi connectivity index (χ0) is 24.3. The second-order valence-electron chi connectivity index (χ2n) is 8.98. The first-order chi connectivity index (χ1) is 16.2. The summed E-state index contributed by atoms with van der Waals surface area (Å²) in [4.78, 5) is 15.4. The fourth-order valence-corrected chi connectivity index (χ4v) is 5.83. The highest BCUT2D eigenvalue weighted by Gasteiger charge is 2.31. The number of rotatable bonds is 7. The van der Waals surface area contributed by atoms with E-state index in [1.54, 1.807) is 47.4 Å². The number of fused-ring (bicyclic) bond motifs is 1. The van der Waals surface area contributed by atoms with E-state index >= 15 is 0 Å². The molecule has 1 amide bonds. The van der Waals surface area contributed by atoms with Crippen molar-refractivity contribution in [3.63, 3.8) is 0 Å². The molecule has 4 N–H and O–H groups in total. The van der Waals surface area contributed by atoms with Gasteiger partial charge in [-0.25, -0.2) is 8.42 Å². The molecule has 0 spiro atoms. The highest BCUT2D eigenvalue weighted by atomic mass is 32.2. The molecule has 3 aromatic rings. The van der Waals surface area contributed by atoms with Gasteiger partial charge in [0.15, 0.2) is 0 Å². The van der Waals surface area contributed by atoms with Crippen molar-refractivity contribution in [1.82, 2.24) is 9.62 Å². The summed E-state index contributed by atoms with van der Waals surface area (Å²) >= 11 is 0. The molecule has 4 rings (SSSR count). The highest BCUT2D eigenvalue weighted by Crippen LogP contribution is 2.24. The third-order valence-corrected chi connectivity index (χ3v) is 7.94. The number of carbonyl (C=O) groups is 1. The minimum absolute atomic E-state index is 0.0777. The summed E-state index contributed by atoms with van der Waals surface area (Å²) in [5.41, 5.74) is 6.90. The molecular weight excluding hydrogens is 448 g/mol. The van der Waals surface area contributed by atoms with Gasteiger partial charge in [0.25, 0.3) is 0 Å². The van der Waals surface area contributed by atoms with E-state index in [9.17, 15) is 13.2 Å². The van der Waals surface area contributed by atoms with E-state index in [0.717, 1.165) is 23.8 Å². The number of hydrogen-bond donors (Lipinski definition) is 3. The molecule has 0 radical (unpaired) electrons. The maximum atomic E-state index is 13.5. The number of carbonyl (C=O) groups excluding carboxylic acids is 1. The molecule has 0 aromatic heterocycles. The van der Waals surface area contributed by atoms with Gasteiger partial charge in [-0.05, 0) is 48.3 Å². The zero-order valence-corrected chi connectivity index (χ0v) is 20.0. The Balaban J connectivity index is 1.67. The van der Waals surface area contributed by atoms with Gasteiger partial charge in [0.2, 0.25) is 15.9 Å². The van der Waals surface area contributed by atoms with E-state index in [1.807, 2.05) is 24.3 Å². The van der Waals surface area contributed by atoms with Crippen LogP contribution in [0.4, 0.5) is 0 Å². The summed E-state index contributed by atoms with van der Waals surface area (Å²) < 4.78 is 29.8. The van der Waals surface area contributed by atoms with Crippen LogP contribution in [0.5, 0.6) is 0 Å². The average Bonchev–Trinajstić information content (AvgIpc) is 2.83. The number of piperidine rings is 1. The van der Waals surface area contributed by atoms with Crippen LogP contribution >= 0.6 is 0 Å². The van der Waals surface area contributed by atoms with Gasteiger partial charge in [0.1, 0.15) is 11.9 Å². The van der Waals surface area contributed by atoms with Crippen molar-refractivity contribution in [1.29, 1.82) is 5.41 Å². The van der Waals surface area contributed by atoms with Crippen LogP contribution in [0.2, 0.25) is 0 Å². The Kier molecular flexibility index (Phi) is 7.00. The third kappa shape index (κ3) is 5.29. The van der Waals surface area contributed by atoms with Gasteiger partial charge in [0.05, 0.1) is 4.90 Å². The van der Waals surface area contributed by atoms with E-state index in [0.29, 0.717) is 30.0 Å². The number of hydrogen-bond acceptors (Lipinski definition) is 4. The zero-order valence-electron chi connectivity index (χ0n) is 19.2. The summed E-state index contributed by atoms with van der Waals surface area (Å²) in [6, 6.07) is 18.5. The van der Waals surface area contributed by atoms with Gasteiger partial charge in [-0.3, -0.25) is 10.2 Å². The van der Waals surface area contributed by atoms with E-state index in [1.165, 1.54) is 0 Å². The van der Waals surface area contributed by atoms with Crippen LogP contribution in [0, 0.1) is 11.3 Å². The average molecular weight is 479 g/mol. The van der Waals surface area contributed by atoms with Crippen LogP contribution in [0.1, 0.15) is 30.9 Å². The van der Waals surface area contributed by atoms with Crippen LogP contribution in [-0.4, -0.2) is 44.2 Å². The van der Waals surface area contributed by atoms with Gasteiger partial charge < -0.3 is 10.6 Å². The molecule has 0 aliphatic carbocycles. The van der Waals surface area contributed by atoms with Crippen molar-refractivity contribution in [2.45, 2.75) is 37.1 Å². The van der Waals surface area contributed by atoms with E-state index in [2.05, 4.69) is 11.6 Å². The van der Waals surface area contributed by atoms with Crippen LogP contribution in [-0.2, 0) is 21.2 Å². The Morgan fingerprint density at radius 1 is 1.09 bits per heavy atom. The standard InChI is InChI=1S/C26H30N4O3S/c1-18-12-14-30(15-13-18)26(31)23(17-19-6-4-9-21(16-19)25(27)28)29-34(32,33)24-11-5-8-20-7-2-3-10-22(20)24/h2-11,16,18,23,29H,12-15,17H2,1H3,(H3,27,28)/t23-/m0/s1. The quantitative estimate of drug-likeness (QED) is 0.357. The SMILES string of the molecule is CC1CCN(C(=O)[C@H](Cc2cccc(C(=N)N)c2)NS(=O)(=O)c2cccc3ccccc23)CC1. The Hall–Kier alpha value is -3.23. The molecule has 1 fully saturated rings. The third-order valence-electron chi connectivity index (χ3n) is 6.41. The molecule has 1 aliphatic heterocycles. The summed E-state index contributed by atoms with van der Waals surface area (Å²) in [6.45, 7) is 3.38. The summed E-state index contributed by atoms with van der Waals surface area (Å²) in [5, 5.41) is 9.12. The molecule has 178 valence electrons. The lowest BCUT2D eigenvalue weighted by atomic mass is 9.97. The molecule has 1 heterocycles. The maximum Gasteiger partial charge on any atom is 0.241 e. The summed E-state index contributed by atoms with van der Waals surface area (Å²) in [7, 11) is -3.99. The predicted molar refractivity (Wildman–Crippen MR) is 134 cm³/mol. The van der Waals surface area contributed by atoms with E-state index in [-0.39, 0.29) is 23.1 Å². The van der Waals surface area contributed by atoms with Gasteiger partial charge in [-0.1, -0.05) is 61.5 Å². The number of benzene rings is 3. The topological polar surface area (TPSA) is 116 Å². The fourth-order valence-electron chi connectivity index (χ4n) is 4.41. The predicted octanol–water partition coefficient (Wildman–Crippen LogP) is 3.27. The first-order valence-electron chi connectivity index (χ1n) is 11.5. The van der Waals surface area contributed by atoms with Crippen LogP contribution in [0.3, 0.4) is 0 Å². The van der Waals surface area contributed by atoms with Crippen molar-refractivity contribution in [3.05, 3.63) is 77.9 Å². The molecule has 8 heteroatoms. The summed E-state index contributed by atoms with van der Waals surface area (Å²) in [5.74, 6) is 0.233. The molecule has 1 aliphatic rings. The number of nitrogens with one attached hydrogen (secondary N) is 2. The fraction of sp³-hybridized carbons (Fsp3) is 0.308. The number of nitrogens with two attached hydrogens (primary N) is 1. The monoisotopic (exact) mass is 478 g/mol. The van der Waals surface area contributed by atoms with Gasteiger partial charge in [-0.2, -0.15) is 4.72 Å². The molecule has 7 nitrogen and oxygen atoms in total. The molecule has 0 saturated carbocycles. The van der Waals surface area contributed by atoms with Crippen molar-refractivity contribution in [3.8, 4) is 0 Å². The number of likely N-dealkylation sites (tertiary alicyclic amines) is 1. The first kappa shape index (κ1) is 23.9. The Labute approximate surface area is 200 Å². The Morgan fingerprint density at radius 2 is 1.76 bits per heavy atom. The summed E-state index contributed by atoms with van der Waals surface area (Å²) in [6.07, 6.45) is 1.96. The highest BCUT2D eigenvalue weighted by molar-refractivity contribution is 7.89. The van der Waals surface area contributed by atoms with Crippen molar-refractivity contribution in [2.24, 2.45) is 11.7 Å². The second-order valence-corrected chi connectivity index (χ2v) is 10.7. The van der Waals surface area contributed by atoms with Crippen LogP contribution in [0.25, 0.3) is 10.8 Å². The van der Waals surface area contributed by atoms with Gasteiger partial charge in [-0.15, -0.1) is 0 Å². The Morgan fingerprint density at radius 3 is 2.50 bits per heavy atom. The van der Waals surface area contributed by atoms with E-state index in [4.69, 9.17) is 11.1 Å². The maximum absolute atomic E-state index is 13.5. The lowest BCUT2D eigenvalue weighted by Gasteiger charge is -2.33. The smallest absolute Gasteiger partial charge is 0.241 e. The van der Waals surface area contributed by atoms with Crippen LogP contribution in [0.15, 0.2) is 71.6 Å². The van der Waals surface area contributed by atoms with Gasteiger partial charge in [0, 0.05) is 24.0 Å². The van der Waals surface area contributed by atoms with Crippen molar-refractivity contribution < 1.29 is 13.2 Å². The van der Waals surface area contributed by atoms with Crippen LogP contribution < -0.4 is 10.5 Å². The molecule has 0 unspecified atom stereocenters. The molecule has 0 bridgehead atoms. The number of sulfonamides is 1. The number of amidine groups is 1. The minimum Gasteiger partial charge on any atom is -0.384 e. The molecule has 1 atom stereocenters. The van der Waals surface area contributed by atoms with Crippen molar-refractivity contribution >= 4 is 32.5 Å². The molecular formula is C26H30N4O3S. The first-order valence-corrected chi connectivity index (χ1v) is 12.9. The van der Waals surface area contributed by atoms with Gasteiger partial charge >= 0.3 is 0 Å². The lowest BCUT2D eigenvalue weighted by molar-refractivity contribution is -0.134. The molecule has 1 saturated heterocycles.